The van der Waals surface area contributed by atoms with E-state index in [1.54, 1.807) is 19.2 Å². The average molecular weight is 479 g/mol. The SMILES string of the molecule is CN=C(NCc1nc(C)c(C)o1)N(C)CCOc1ccc(Cl)cc1.I. The number of likely N-dealkylation sites (N-methyl/N-ethyl adjacent to an activating group) is 1. The van der Waals surface area contributed by atoms with Crippen LogP contribution in [0.2, 0.25) is 5.02 Å². The van der Waals surface area contributed by atoms with Gasteiger partial charge in [0, 0.05) is 19.1 Å². The van der Waals surface area contributed by atoms with Gasteiger partial charge in [0.05, 0.1) is 18.8 Å². The van der Waals surface area contributed by atoms with E-state index in [4.69, 9.17) is 20.8 Å². The molecule has 1 aromatic heterocycles. The molecule has 0 radical (unpaired) electrons. The number of ether oxygens (including phenoxy) is 1. The predicted octanol–water partition coefficient (Wildman–Crippen LogP) is 3.65. The first-order valence-corrected chi connectivity index (χ1v) is 8.10. The van der Waals surface area contributed by atoms with Crippen molar-refractivity contribution < 1.29 is 9.15 Å². The van der Waals surface area contributed by atoms with Crippen LogP contribution in [0.1, 0.15) is 17.3 Å². The summed E-state index contributed by atoms with van der Waals surface area (Å²) in [4.78, 5) is 10.6. The van der Waals surface area contributed by atoms with Crippen LogP contribution in [-0.2, 0) is 6.54 Å². The second kappa shape index (κ2) is 10.5. The van der Waals surface area contributed by atoms with E-state index in [2.05, 4.69) is 15.3 Å². The first-order valence-electron chi connectivity index (χ1n) is 7.72. The molecule has 0 aliphatic rings. The van der Waals surface area contributed by atoms with Crippen LogP contribution in [0, 0.1) is 13.8 Å². The molecule has 1 aromatic carbocycles. The van der Waals surface area contributed by atoms with Crippen LogP contribution < -0.4 is 10.1 Å². The topological polar surface area (TPSA) is 62.9 Å². The largest absolute Gasteiger partial charge is 0.492 e. The average Bonchev–Trinajstić information content (AvgIpc) is 2.88. The second-order valence-corrected chi connectivity index (χ2v) is 5.81. The van der Waals surface area contributed by atoms with Crippen molar-refractivity contribution in [1.82, 2.24) is 15.2 Å². The summed E-state index contributed by atoms with van der Waals surface area (Å²) >= 11 is 5.85. The molecule has 0 aliphatic heterocycles. The van der Waals surface area contributed by atoms with Gasteiger partial charge in [-0.2, -0.15) is 0 Å². The first-order chi connectivity index (χ1) is 11.5. The van der Waals surface area contributed by atoms with E-state index < -0.39 is 0 Å². The maximum absolute atomic E-state index is 5.85. The number of aryl methyl sites for hydroxylation is 2. The van der Waals surface area contributed by atoms with Crippen molar-refractivity contribution in [2.24, 2.45) is 4.99 Å². The molecule has 2 rings (SSSR count). The Morgan fingerprint density at radius 2 is 2.00 bits per heavy atom. The highest BCUT2D eigenvalue weighted by Gasteiger charge is 2.09. The quantitative estimate of drug-likeness (QED) is 0.390. The summed E-state index contributed by atoms with van der Waals surface area (Å²) in [5.41, 5.74) is 0.909. The third kappa shape index (κ3) is 6.74. The Hall–Kier alpha value is -1.48. The molecule has 0 saturated carbocycles. The minimum atomic E-state index is 0. The smallest absolute Gasteiger partial charge is 0.214 e. The van der Waals surface area contributed by atoms with Crippen molar-refractivity contribution in [1.29, 1.82) is 0 Å². The van der Waals surface area contributed by atoms with E-state index in [1.165, 1.54) is 0 Å². The molecule has 0 saturated heterocycles. The Morgan fingerprint density at radius 1 is 1.32 bits per heavy atom. The molecule has 1 heterocycles. The van der Waals surface area contributed by atoms with E-state index in [0.717, 1.165) is 23.2 Å². The van der Waals surface area contributed by atoms with Crippen molar-refractivity contribution in [2.45, 2.75) is 20.4 Å². The van der Waals surface area contributed by atoms with Gasteiger partial charge in [-0.05, 0) is 38.1 Å². The Balaban J connectivity index is 0.00000312. The highest BCUT2D eigenvalue weighted by molar-refractivity contribution is 14.0. The van der Waals surface area contributed by atoms with E-state index in [0.29, 0.717) is 30.6 Å². The van der Waals surface area contributed by atoms with Crippen LogP contribution in [0.15, 0.2) is 33.7 Å². The minimum absolute atomic E-state index is 0. The number of rotatable bonds is 6. The van der Waals surface area contributed by atoms with Gasteiger partial charge in [0.2, 0.25) is 5.89 Å². The summed E-state index contributed by atoms with van der Waals surface area (Å²) in [5.74, 6) is 3.04. The summed E-state index contributed by atoms with van der Waals surface area (Å²) < 4.78 is 11.2. The lowest BCUT2D eigenvalue weighted by atomic mass is 10.3. The monoisotopic (exact) mass is 478 g/mol. The number of hydrogen-bond donors (Lipinski definition) is 1. The standard InChI is InChI=1S/C17H23ClN4O2.HI/c1-12-13(2)24-16(21-12)11-20-17(19-3)22(4)9-10-23-15-7-5-14(18)6-8-15;/h5-8H,9-11H2,1-4H3,(H,19,20);1H. The Bertz CT molecular complexity index is 669. The zero-order valence-electron chi connectivity index (χ0n) is 14.9. The van der Waals surface area contributed by atoms with E-state index in [1.807, 2.05) is 37.9 Å². The highest BCUT2D eigenvalue weighted by atomic mass is 127. The molecular formula is C17H24ClIN4O2. The van der Waals surface area contributed by atoms with Crippen molar-refractivity contribution in [3.05, 3.63) is 46.6 Å². The third-order valence-electron chi connectivity index (χ3n) is 3.55. The zero-order chi connectivity index (χ0) is 17.5. The summed E-state index contributed by atoms with van der Waals surface area (Å²) in [6.45, 7) is 5.55. The number of nitrogens with one attached hydrogen (secondary N) is 1. The van der Waals surface area contributed by atoms with Gasteiger partial charge in [-0.15, -0.1) is 24.0 Å². The van der Waals surface area contributed by atoms with Gasteiger partial charge in [-0.3, -0.25) is 4.99 Å². The highest BCUT2D eigenvalue weighted by Crippen LogP contribution is 2.15. The van der Waals surface area contributed by atoms with Crippen LogP contribution in [0.5, 0.6) is 5.75 Å². The number of aromatic nitrogens is 1. The fraction of sp³-hybridized carbons (Fsp3) is 0.412. The van der Waals surface area contributed by atoms with E-state index in [-0.39, 0.29) is 24.0 Å². The molecule has 0 atom stereocenters. The molecule has 0 amide bonds. The molecule has 0 bridgehead atoms. The Labute approximate surface area is 170 Å². The fourth-order valence-corrected chi connectivity index (χ4v) is 2.22. The zero-order valence-corrected chi connectivity index (χ0v) is 18.0. The number of nitrogens with zero attached hydrogens (tertiary/aromatic N) is 3. The van der Waals surface area contributed by atoms with Crippen LogP contribution in [0.4, 0.5) is 0 Å². The maximum atomic E-state index is 5.85. The molecule has 0 aliphatic carbocycles. The Kier molecular flexibility index (Phi) is 9.05. The van der Waals surface area contributed by atoms with Gasteiger partial charge in [0.1, 0.15) is 18.1 Å². The molecule has 0 spiro atoms. The van der Waals surface area contributed by atoms with Gasteiger partial charge >= 0.3 is 0 Å². The normalized spacial score (nSPS) is 11.0. The molecule has 1 N–H and O–H groups in total. The molecule has 25 heavy (non-hydrogen) atoms. The lowest BCUT2D eigenvalue weighted by Crippen LogP contribution is -2.40. The molecule has 0 unspecified atom stereocenters. The van der Waals surface area contributed by atoms with Gasteiger partial charge < -0.3 is 19.4 Å². The summed E-state index contributed by atoms with van der Waals surface area (Å²) in [7, 11) is 3.69. The fourth-order valence-electron chi connectivity index (χ4n) is 2.09. The summed E-state index contributed by atoms with van der Waals surface area (Å²) in [5, 5.41) is 3.92. The second-order valence-electron chi connectivity index (χ2n) is 5.37. The molecule has 138 valence electrons. The van der Waals surface area contributed by atoms with Gasteiger partial charge in [0.15, 0.2) is 5.96 Å². The number of halogens is 2. The molecule has 6 nitrogen and oxygen atoms in total. The number of oxazole rings is 1. The van der Waals surface area contributed by atoms with Crippen LogP contribution >= 0.6 is 35.6 Å². The van der Waals surface area contributed by atoms with Gasteiger partial charge in [-0.25, -0.2) is 4.98 Å². The van der Waals surface area contributed by atoms with Crippen molar-refractivity contribution in [2.75, 3.05) is 27.2 Å². The Morgan fingerprint density at radius 3 is 2.56 bits per heavy atom. The summed E-state index contributed by atoms with van der Waals surface area (Å²) in [6, 6.07) is 7.31. The summed E-state index contributed by atoms with van der Waals surface area (Å²) in [6.07, 6.45) is 0. The van der Waals surface area contributed by atoms with Crippen LogP contribution in [0.25, 0.3) is 0 Å². The van der Waals surface area contributed by atoms with E-state index in [9.17, 15) is 0 Å². The van der Waals surface area contributed by atoms with Crippen LogP contribution in [-0.4, -0.2) is 43.1 Å². The van der Waals surface area contributed by atoms with Crippen molar-refractivity contribution >= 4 is 41.5 Å². The number of benzene rings is 1. The molecule has 0 fully saturated rings. The first kappa shape index (κ1) is 21.6. The van der Waals surface area contributed by atoms with Crippen LogP contribution in [0.3, 0.4) is 0 Å². The third-order valence-corrected chi connectivity index (χ3v) is 3.80. The van der Waals surface area contributed by atoms with Crippen molar-refractivity contribution in [3.8, 4) is 5.75 Å². The number of guanidine groups is 1. The number of aliphatic imine (C=N–C) groups is 1. The molecular weight excluding hydrogens is 455 g/mol. The van der Waals surface area contributed by atoms with Gasteiger partial charge in [0.25, 0.3) is 0 Å². The molecule has 8 heteroatoms. The predicted molar refractivity (Wildman–Crippen MR) is 111 cm³/mol. The lowest BCUT2D eigenvalue weighted by molar-refractivity contribution is 0.281. The van der Waals surface area contributed by atoms with Gasteiger partial charge in [-0.1, -0.05) is 11.6 Å². The maximum Gasteiger partial charge on any atom is 0.214 e. The lowest BCUT2D eigenvalue weighted by Gasteiger charge is -2.21. The van der Waals surface area contributed by atoms with Crippen molar-refractivity contribution in [3.63, 3.8) is 0 Å². The minimum Gasteiger partial charge on any atom is -0.492 e. The molecule has 2 aromatic rings. The number of hydrogen-bond acceptors (Lipinski definition) is 4. The van der Waals surface area contributed by atoms with E-state index >= 15 is 0 Å².